The summed E-state index contributed by atoms with van der Waals surface area (Å²) in [6, 6.07) is -0.600. The molecular weight excluding hydrogens is 560 g/mol. The maximum atomic E-state index is 14.2. The number of nitrogens with two attached hydrogens (primary N) is 1. The summed E-state index contributed by atoms with van der Waals surface area (Å²) in [5.41, 5.74) is -2.20. The van der Waals surface area contributed by atoms with Crippen molar-refractivity contribution in [2.24, 2.45) is 17.3 Å². The first kappa shape index (κ1) is 31.0. The van der Waals surface area contributed by atoms with Crippen LogP contribution in [0.25, 0.3) is 0 Å². The normalized spacial score (nSPS) is 21.9. The number of hydrogen-bond acceptors (Lipinski definition) is 5. The largest absolute Gasteiger partial charge is 0.481 e. The zero-order valence-electron chi connectivity index (χ0n) is 21.7. The molecule has 1 aromatic rings. The Hall–Kier alpha value is -2.50. The van der Waals surface area contributed by atoms with E-state index in [1.54, 1.807) is 0 Å². The van der Waals surface area contributed by atoms with Crippen LogP contribution in [0.2, 0.25) is 10.0 Å². The number of nitrogens with zero attached hydrogens (tertiary/aromatic N) is 2. The third kappa shape index (κ3) is 7.79. The molecule has 4 N–H and O–H groups in total. The van der Waals surface area contributed by atoms with Gasteiger partial charge in [0.1, 0.15) is 5.57 Å². The van der Waals surface area contributed by atoms with Gasteiger partial charge in [-0.05, 0) is 37.0 Å². The van der Waals surface area contributed by atoms with Gasteiger partial charge in [0.2, 0.25) is 5.70 Å². The molecule has 0 saturated heterocycles. The molecule has 2 aliphatic rings. The van der Waals surface area contributed by atoms with Crippen LogP contribution in [0.5, 0.6) is 0 Å². The van der Waals surface area contributed by atoms with E-state index in [-0.39, 0.29) is 59.2 Å². The highest BCUT2D eigenvalue weighted by molar-refractivity contribution is 6.39. The predicted octanol–water partition coefficient (Wildman–Crippen LogP) is 4.51. The maximum absolute atomic E-state index is 14.2. The summed E-state index contributed by atoms with van der Waals surface area (Å²) in [7, 11) is 0. The first-order valence-corrected chi connectivity index (χ1v) is 13.4. The zero-order valence-corrected chi connectivity index (χ0v) is 23.2. The molecule has 2 aliphatic carbocycles. The van der Waals surface area contributed by atoms with E-state index < -0.39 is 53.6 Å². The minimum Gasteiger partial charge on any atom is -0.481 e. The van der Waals surface area contributed by atoms with Crippen molar-refractivity contribution in [1.29, 1.82) is 5.41 Å². The minimum atomic E-state index is -4.95. The summed E-state index contributed by atoms with van der Waals surface area (Å²) in [6.07, 6.45) is 0.162. The summed E-state index contributed by atoms with van der Waals surface area (Å²) in [6.45, 7) is 3.53. The summed E-state index contributed by atoms with van der Waals surface area (Å²) in [4.78, 5) is 42.8. The molecule has 1 aromatic heterocycles. The Balaban J connectivity index is 1.92. The van der Waals surface area contributed by atoms with Crippen LogP contribution in [0.1, 0.15) is 62.7 Å². The number of carbonyl (C=O) groups is 3. The van der Waals surface area contributed by atoms with Gasteiger partial charge in [-0.3, -0.25) is 19.4 Å². The molecule has 39 heavy (non-hydrogen) atoms. The number of hydrogen-bond donors (Lipinski definition) is 3. The van der Waals surface area contributed by atoms with E-state index in [0.29, 0.717) is 6.21 Å². The molecule has 0 unspecified atom stereocenters. The summed E-state index contributed by atoms with van der Waals surface area (Å²) in [5.74, 6) is -3.38. The molecule has 2 fully saturated rings. The van der Waals surface area contributed by atoms with Crippen LogP contribution in [-0.4, -0.2) is 64.2 Å². The average Bonchev–Trinajstić information content (AvgIpc) is 2.81. The van der Waals surface area contributed by atoms with Gasteiger partial charge in [0.25, 0.3) is 5.91 Å². The van der Waals surface area contributed by atoms with Gasteiger partial charge < -0.3 is 20.7 Å². The van der Waals surface area contributed by atoms with Gasteiger partial charge in [0, 0.05) is 38.0 Å². The highest BCUT2D eigenvalue weighted by Gasteiger charge is 2.46. The number of halogens is 5. The third-order valence-electron chi connectivity index (χ3n) is 7.41. The van der Waals surface area contributed by atoms with Gasteiger partial charge in [-0.1, -0.05) is 37.0 Å². The Bertz CT molecular complexity index is 1140. The van der Waals surface area contributed by atoms with Crippen molar-refractivity contribution in [3.8, 4) is 0 Å². The summed E-state index contributed by atoms with van der Waals surface area (Å²) in [5, 5.41) is 17.8. The number of aliphatic carboxylic acids is 1. The fraction of sp³-hybridized carbons (Fsp3) is 0.577. The number of ketones is 1. The molecular formula is C26H32Cl2F3N4O4+. The quantitative estimate of drug-likeness (QED) is 0.209. The molecule has 0 bridgehead atoms. The van der Waals surface area contributed by atoms with E-state index in [4.69, 9.17) is 28.6 Å². The number of rotatable bonds is 10. The topological polar surface area (TPSA) is 128 Å². The van der Waals surface area contributed by atoms with Gasteiger partial charge in [0.15, 0.2) is 5.78 Å². The molecule has 0 aliphatic heterocycles. The Morgan fingerprint density at radius 1 is 1.15 bits per heavy atom. The second-order valence-corrected chi connectivity index (χ2v) is 11.9. The van der Waals surface area contributed by atoms with Crippen molar-refractivity contribution in [3.05, 3.63) is 39.3 Å². The number of Topliss-reactive ketones (excluding diaryl/α,β-unsaturated/α-hetero) is 1. The lowest BCUT2D eigenvalue weighted by molar-refractivity contribution is -0.663. The highest BCUT2D eigenvalue weighted by atomic mass is 35.5. The van der Waals surface area contributed by atoms with Crippen molar-refractivity contribution in [3.63, 3.8) is 0 Å². The number of carboxylic acid groups (broad SMARTS) is 1. The molecule has 3 rings (SSSR count). The molecule has 0 aromatic carbocycles. The Labute approximate surface area is 234 Å². The van der Waals surface area contributed by atoms with Crippen LogP contribution in [0.15, 0.2) is 23.7 Å². The lowest BCUT2D eigenvalue weighted by atomic mass is 9.64. The van der Waals surface area contributed by atoms with E-state index >= 15 is 0 Å². The number of alkyl halides is 3. The van der Waals surface area contributed by atoms with Gasteiger partial charge in [-0.25, -0.2) is 0 Å². The van der Waals surface area contributed by atoms with Gasteiger partial charge in [-0.15, -0.1) is 0 Å². The smallest absolute Gasteiger partial charge is 0.467 e. The van der Waals surface area contributed by atoms with E-state index in [1.165, 1.54) is 12.4 Å². The SMILES string of the molecule is CC1(C)CC(CN(CC(=O)c2c(Cl)cncc2Cl)C(=O)/C(C=N)=C(/[NH2+]C2CCC(C(=O)O)CC2)C(F)(F)F)C1. The predicted molar refractivity (Wildman–Crippen MR) is 139 cm³/mol. The molecule has 0 atom stereocenters. The average molecular weight is 592 g/mol. The minimum absolute atomic E-state index is 0.0149. The fourth-order valence-electron chi connectivity index (χ4n) is 5.62. The molecule has 214 valence electrons. The van der Waals surface area contributed by atoms with Crippen molar-refractivity contribution >= 4 is 47.1 Å². The lowest BCUT2D eigenvalue weighted by Crippen LogP contribution is -2.91. The standard InChI is InChI=1S/C26H31Cl2F3N4O4/c1-25(2)7-14(8-25)12-35(13-20(36)21-18(27)10-33-11-19(21)28)23(37)17(9-32)22(26(29,30)31)34-16-5-3-15(4-6-16)24(38)39/h9-11,14-16,32,34H,3-8,12-13H2,1-2H3,(H,38,39)/p+1/b22-17+,32-9?. The van der Waals surface area contributed by atoms with E-state index in [1.807, 2.05) is 13.8 Å². The zero-order chi connectivity index (χ0) is 29.1. The van der Waals surface area contributed by atoms with Gasteiger partial charge in [0.05, 0.1) is 34.1 Å². The molecule has 0 spiro atoms. The summed E-state index contributed by atoms with van der Waals surface area (Å²) < 4.78 is 42.7. The Morgan fingerprint density at radius 3 is 2.18 bits per heavy atom. The second-order valence-electron chi connectivity index (χ2n) is 11.1. The first-order valence-electron chi connectivity index (χ1n) is 12.6. The molecule has 1 amide bonds. The fourth-order valence-corrected chi connectivity index (χ4v) is 6.20. The molecule has 1 heterocycles. The number of amides is 1. The van der Waals surface area contributed by atoms with Crippen molar-refractivity contribution in [1.82, 2.24) is 9.88 Å². The lowest BCUT2D eigenvalue weighted by Gasteiger charge is -2.44. The molecule has 0 radical (unpaired) electrons. The molecule has 8 nitrogen and oxygen atoms in total. The number of quaternary nitrogens is 1. The number of pyridine rings is 1. The molecule has 13 heteroatoms. The summed E-state index contributed by atoms with van der Waals surface area (Å²) >= 11 is 12.2. The first-order chi connectivity index (χ1) is 18.1. The van der Waals surface area contributed by atoms with Gasteiger partial charge >= 0.3 is 12.1 Å². The van der Waals surface area contributed by atoms with Crippen LogP contribution >= 0.6 is 23.2 Å². The monoisotopic (exact) mass is 591 g/mol. The molecule has 2 saturated carbocycles. The third-order valence-corrected chi connectivity index (χ3v) is 7.98. The number of allylic oxidation sites excluding steroid dienone is 1. The maximum Gasteiger partial charge on any atom is 0.467 e. The van der Waals surface area contributed by atoms with E-state index in [9.17, 15) is 32.7 Å². The number of aromatic nitrogens is 1. The van der Waals surface area contributed by atoms with Crippen LogP contribution in [-0.2, 0) is 9.59 Å². The highest BCUT2D eigenvalue weighted by Crippen LogP contribution is 2.45. The van der Waals surface area contributed by atoms with Crippen molar-refractivity contribution in [2.45, 2.75) is 64.6 Å². The van der Waals surface area contributed by atoms with Crippen LogP contribution < -0.4 is 5.32 Å². The van der Waals surface area contributed by atoms with Crippen molar-refractivity contribution < 1.29 is 38.0 Å². The van der Waals surface area contributed by atoms with Gasteiger partial charge in [-0.2, -0.15) is 13.2 Å². The number of nitrogens with one attached hydrogen (secondary N) is 1. The Morgan fingerprint density at radius 2 is 1.72 bits per heavy atom. The van der Waals surface area contributed by atoms with Crippen LogP contribution in [0, 0.1) is 22.7 Å². The van der Waals surface area contributed by atoms with E-state index in [0.717, 1.165) is 23.1 Å². The van der Waals surface area contributed by atoms with Crippen LogP contribution in [0.4, 0.5) is 13.2 Å². The van der Waals surface area contributed by atoms with Crippen molar-refractivity contribution in [2.75, 3.05) is 13.1 Å². The Kier molecular flexibility index (Phi) is 9.82. The number of carbonyl (C=O) groups excluding carboxylic acids is 2. The van der Waals surface area contributed by atoms with Crippen LogP contribution in [0.3, 0.4) is 0 Å². The van der Waals surface area contributed by atoms with E-state index in [2.05, 4.69) is 4.98 Å². The second kappa shape index (κ2) is 12.3. The number of carboxylic acids is 1.